The second-order valence-electron chi connectivity index (χ2n) is 13.1. The molecule has 0 N–H and O–H groups in total. The molecule has 8 bridgehead atoms. The summed E-state index contributed by atoms with van der Waals surface area (Å²) in [7, 11) is 2.14. The number of hydrogen-bond donors (Lipinski definition) is 0. The smallest absolute Gasteiger partial charge is 0.0737 e. The Balaban J connectivity index is 1.61. The van der Waals surface area contributed by atoms with E-state index in [4.69, 9.17) is 9.97 Å². The average Bonchev–Trinajstić information content (AvgIpc) is 3.82. The van der Waals surface area contributed by atoms with Crippen molar-refractivity contribution in [2.45, 2.75) is 60.4 Å². The molecule has 5 heterocycles. The molecule has 0 saturated carbocycles. The van der Waals surface area contributed by atoms with E-state index >= 15 is 0 Å². The van der Waals surface area contributed by atoms with Crippen molar-refractivity contribution in [3.8, 4) is 22.3 Å². The van der Waals surface area contributed by atoms with Crippen LogP contribution in [0.5, 0.6) is 0 Å². The van der Waals surface area contributed by atoms with Gasteiger partial charge in [-0.1, -0.05) is 62.7 Å². The van der Waals surface area contributed by atoms with Gasteiger partial charge in [-0.2, -0.15) is 0 Å². The van der Waals surface area contributed by atoms with Crippen molar-refractivity contribution in [2.24, 2.45) is 7.05 Å². The lowest BCUT2D eigenvalue weighted by molar-refractivity contribution is 0.723. The van der Waals surface area contributed by atoms with Crippen LogP contribution in [0.15, 0.2) is 72.8 Å². The first-order chi connectivity index (χ1) is 22.2. The second kappa shape index (κ2) is 11.8. The van der Waals surface area contributed by atoms with Crippen molar-refractivity contribution in [2.75, 3.05) is 0 Å². The molecule has 0 amide bonds. The molecule has 0 radical (unpaired) electrons. The van der Waals surface area contributed by atoms with Crippen molar-refractivity contribution < 1.29 is 0 Å². The minimum Gasteiger partial charge on any atom is -0.344 e. The predicted molar refractivity (Wildman–Crippen MR) is 197 cm³/mol. The number of benzene rings is 2. The molecule has 0 spiro atoms. The van der Waals surface area contributed by atoms with Crippen LogP contribution in [-0.2, 0) is 13.6 Å². The van der Waals surface area contributed by atoms with Crippen LogP contribution >= 0.6 is 0 Å². The maximum atomic E-state index is 5.28. The normalized spacial score (nSPS) is 12.4. The maximum Gasteiger partial charge on any atom is 0.0737 e. The highest BCUT2D eigenvalue weighted by atomic mass is 15.0. The first-order valence-electron chi connectivity index (χ1n) is 16.5. The molecular weight excluding hydrogens is 560 g/mol. The number of hydrogen-bond acceptors (Lipinski definition) is 2. The van der Waals surface area contributed by atoms with E-state index in [1.54, 1.807) is 0 Å². The Morgan fingerprint density at radius 3 is 1.85 bits per heavy atom. The SMILES string of the molecule is CCCn1c2ccc1c(-c1c(C)cc(C)cc1C)c1nc(cc3ccc(c(-c4ccc(C(C)C)cc4)c4nc(c2)C=C4)n3C)C=C1. The van der Waals surface area contributed by atoms with E-state index in [0.29, 0.717) is 5.92 Å². The zero-order valence-electron chi connectivity index (χ0n) is 28.0. The Kier molecular flexibility index (Phi) is 7.60. The van der Waals surface area contributed by atoms with Gasteiger partial charge in [-0.3, -0.25) is 0 Å². The van der Waals surface area contributed by atoms with Gasteiger partial charge in [0.2, 0.25) is 0 Å². The summed E-state index contributed by atoms with van der Waals surface area (Å²) in [4.78, 5) is 10.5. The highest BCUT2D eigenvalue weighted by Crippen LogP contribution is 2.37. The molecule has 0 unspecified atom stereocenters. The van der Waals surface area contributed by atoms with E-state index in [-0.39, 0.29) is 0 Å². The molecule has 0 atom stereocenters. The van der Waals surface area contributed by atoms with E-state index in [2.05, 4.69) is 155 Å². The van der Waals surface area contributed by atoms with Crippen LogP contribution in [0.1, 0.15) is 78.1 Å². The van der Waals surface area contributed by atoms with Crippen molar-refractivity contribution in [1.29, 1.82) is 0 Å². The second-order valence-corrected chi connectivity index (χ2v) is 13.1. The molecule has 4 heteroatoms. The van der Waals surface area contributed by atoms with Crippen LogP contribution in [0.3, 0.4) is 0 Å². The topological polar surface area (TPSA) is 35.6 Å². The molecule has 5 aromatic rings. The quantitative estimate of drug-likeness (QED) is 0.196. The van der Waals surface area contributed by atoms with Crippen LogP contribution < -0.4 is 0 Å². The van der Waals surface area contributed by atoms with E-state index in [1.165, 1.54) is 38.9 Å². The van der Waals surface area contributed by atoms with Crippen molar-refractivity contribution in [3.05, 3.63) is 118 Å². The number of nitrogens with zero attached hydrogens (tertiary/aromatic N) is 4. The fourth-order valence-electron chi connectivity index (χ4n) is 7.15. The summed E-state index contributed by atoms with van der Waals surface area (Å²) < 4.78 is 4.71. The molecule has 2 aliphatic heterocycles. The van der Waals surface area contributed by atoms with Gasteiger partial charge in [0.1, 0.15) is 0 Å². The third kappa shape index (κ3) is 5.22. The molecule has 0 saturated heterocycles. The van der Waals surface area contributed by atoms with E-state index in [1.807, 2.05) is 0 Å². The van der Waals surface area contributed by atoms with Crippen LogP contribution in [0, 0.1) is 20.8 Å². The zero-order valence-corrected chi connectivity index (χ0v) is 28.0. The summed E-state index contributed by atoms with van der Waals surface area (Å²) in [6, 6.07) is 26.9. The van der Waals surface area contributed by atoms with Crippen molar-refractivity contribution in [1.82, 2.24) is 19.1 Å². The third-order valence-corrected chi connectivity index (χ3v) is 9.35. The van der Waals surface area contributed by atoms with Crippen LogP contribution in [-0.4, -0.2) is 19.1 Å². The summed E-state index contributed by atoms with van der Waals surface area (Å²) in [5.41, 5.74) is 18.3. The van der Waals surface area contributed by atoms with Gasteiger partial charge in [0.25, 0.3) is 0 Å². The number of fused-ring (bicyclic) bond motifs is 8. The molecule has 2 aliphatic rings. The van der Waals surface area contributed by atoms with Crippen LogP contribution in [0.25, 0.3) is 68.6 Å². The molecule has 4 nitrogen and oxygen atoms in total. The standard InChI is InChI=1S/C42H42N4/c1-8-21-46-35-16-20-39(46)42(40-28(5)22-27(4)23-29(40)6)37-18-14-32(44-37)24-34-15-19-38(45(34)7)41(36-17-13-33(25-35)43-36)31-11-9-30(10-12-31)26(2)3/h9-20,22-26H,8,21H2,1-7H3. The van der Waals surface area contributed by atoms with E-state index in [0.717, 1.165) is 63.4 Å². The lowest BCUT2D eigenvalue weighted by atomic mass is 9.92. The summed E-state index contributed by atoms with van der Waals surface area (Å²) in [6.07, 6.45) is 9.68. The number of aryl methyl sites for hydroxylation is 5. The van der Waals surface area contributed by atoms with E-state index in [9.17, 15) is 0 Å². The van der Waals surface area contributed by atoms with Gasteiger partial charge < -0.3 is 9.13 Å². The fourth-order valence-corrected chi connectivity index (χ4v) is 7.15. The highest BCUT2D eigenvalue weighted by Gasteiger charge is 2.18. The third-order valence-electron chi connectivity index (χ3n) is 9.35. The minimum absolute atomic E-state index is 0.480. The molecule has 0 fully saturated rings. The van der Waals surface area contributed by atoms with Crippen LogP contribution in [0.2, 0.25) is 0 Å². The Morgan fingerprint density at radius 1 is 0.630 bits per heavy atom. The van der Waals surface area contributed by atoms with Gasteiger partial charge >= 0.3 is 0 Å². The molecule has 46 heavy (non-hydrogen) atoms. The first kappa shape index (κ1) is 29.7. The molecular formula is C42H42N4. The Morgan fingerprint density at radius 2 is 1.22 bits per heavy atom. The van der Waals surface area contributed by atoms with Gasteiger partial charge in [-0.05, 0) is 122 Å². The summed E-state index contributed by atoms with van der Waals surface area (Å²) >= 11 is 0. The van der Waals surface area contributed by atoms with E-state index < -0.39 is 0 Å². The largest absolute Gasteiger partial charge is 0.344 e. The highest BCUT2D eigenvalue weighted by molar-refractivity contribution is 5.95. The summed E-state index contributed by atoms with van der Waals surface area (Å²) in [5.74, 6) is 0.480. The number of aromatic nitrogens is 4. The Bertz CT molecular complexity index is 2200. The van der Waals surface area contributed by atoms with Crippen molar-refractivity contribution in [3.63, 3.8) is 0 Å². The van der Waals surface area contributed by atoms with Gasteiger partial charge in [0, 0.05) is 35.8 Å². The molecule has 0 aliphatic carbocycles. The average molecular weight is 603 g/mol. The molecule has 230 valence electrons. The molecule has 7 rings (SSSR count). The van der Waals surface area contributed by atoms with Gasteiger partial charge in [-0.15, -0.1) is 0 Å². The van der Waals surface area contributed by atoms with Gasteiger partial charge in [-0.25, -0.2) is 9.97 Å². The lowest BCUT2D eigenvalue weighted by Gasteiger charge is -2.15. The van der Waals surface area contributed by atoms with Gasteiger partial charge in [0.15, 0.2) is 0 Å². The first-order valence-corrected chi connectivity index (χ1v) is 16.5. The molecule has 3 aromatic heterocycles. The predicted octanol–water partition coefficient (Wildman–Crippen LogP) is 10.9. The van der Waals surface area contributed by atoms with Crippen molar-refractivity contribution >= 4 is 46.4 Å². The Labute approximate surface area is 272 Å². The Hall–Kier alpha value is -4.96. The monoisotopic (exact) mass is 602 g/mol. The maximum absolute atomic E-state index is 5.28. The lowest BCUT2D eigenvalue weighted by Crippen LogP contribution is -2.00. The van der Waals surface area contributed by atoms with Crippen LogP contribution in [0.4, 0.5) is 0 Å². The minimum atomic E-state index is 0.480. The summed E-state index contributed by atoms with van der Waals surface area (Å²) in [6.45, 7) is 14.2. The zero-order chi connectivity index (χ0) is 32.1. The molecule has 2 aromatic carbocycles. The number of rotatable bonds is 5. The fraction of sp³-hybridized carbons (Fsp3) is 0.238. The summed E-state index contributed by atoms with van der Waals surface area (Å²) in [5, 5.41) is 0. The van der Waals surface area contributed by atoms with Gasteiger partial charge in [0.05, 0.1) is 33.8 Å².